The number of hydrogen-bond donors (Lipinski definition) is 3. The van der Waals surface area contributed by atoms with Gasteiger partial charge in [-0.1, -0.05) is 12.8 Å². The Kier molecular flexibility index (Phi) is 7.52. The Morgan fingerprint density at radius 3 is 2.61 bits per heavy atom. The van der Waals surface area contributed by atoms with E-state index in [1.165, 1.54) is 17.0 Å². The molecule has 0 bridgehead atoms. The van der Waals surface area contributed by atoms with E-state index >= 15 is 0 Å². The summed E-state index contributed by atoms with van der Waals surface area (Å²) in [6.07, 6.45) is 4.47. The number of terminal acetylenes is 1. The number of rotatable bonds is 6. The Morgan fingerprint density at radius 1 is 1.26 bits per heavy atom. The first kappa shape index (κ1) is 23.0. The summed E-state index contributed by atoms with van der Waals surface area (Å²) < 4.78 is 13.5. The molecule has 4 atom stereocenters. The number of piperidine rings is 1. The molecule has 2 amide bonds. The highest BCUT2D eigenvalue weighted by atomic mass is 19.1. The van der Waals surface area contributed by atoms with Crippen LogP contribution in [0, 0.1) is 30.0 Å². The van der Waals surface area contributed by atoms with E-state index in [9.17, 15) is 24.2 Å². The first-order valence-corrected chi connectivity index (χ1v) is 10.8. The van der Waals surface area contributed by atoms with Crippen molar-refractivity contribution in [2.45, 2.75) is 38.4 Å². The van der Waals surface area contributed by atoms with Crippen molar-refractivity contribution in [3.8, 4) is 12.3 Å². The molecule has 0 saturated carbocycles. The van der Waals surface area contributed by atoms with Crippen LogP contribution < -0.4 is 10.2 Å². The molecule has 1 unspecified atom stereocenters. The van der Waals surface area contributed by atoms with Gasteiger partial charge in [0.1, 0.15) is 5.82 Å². The molecule has 0 aromatic heterocycles. The third-order valence-corrected chi connectivity index (χ3v) is 6.31. The van der Waals surface area contributed by atoms with Crippen molar-refractivity contribution in [3.63, 3.8) is 0 Å². The highest BCUT2D eigenvalue weighted by molar-refractivity contribution is 5.90. The van der Waals surface area contributed by atoms with Gasteiger partial charge in [0.25, 0.3) is 11.8 Å². The maximum Gasteiger partial charge on any atom is 0.254 e. The van der Waals surface area contributed by atoms with Gasteiger partial charge in [-0.3, -0.25) is 9.59 Å². The molecule has 2 aliphatic rings. The minimum Gasteiger partial charge on any atom is -0.380 e. The molecular formula is C23H30FN3O4. The molecule has 7 nitrogen and oxygen atoms in total. The van der Waals surface area contributed by atoms with E-state index in [1.54, 1.807) is 6.07 Å². The van der Waals surface area contributed by atoms with Gasteiger partial charge in [0.2, 0.25) is 0 Å². The summed E-state index contributed by atoms with van der Waals surface area (Å²) in [5.74, 6) is 1.18. The summed E-state index contributed by atoms with van der Waals surface area (Å²) in [5.41, 5.74) is 1.33. The summed E-state index contributed by atoms with van der Waals surface area (Å²) >= 11 is 0. The maximum absolute atomic E-state index is 13.5. The standard InChI is InChI=1S/C23H30FN3O4/c1-3-16-12-18(24)6-7-19(16)27-11-8-17(15(2)14-27)13-25-22(30)20(28)21(29)23(31)26-9-4-5-10-26/h1,6-7,12,15,17,20-21,28-29H,4-5,8-11,13-14H2,2H3,(H,25,30)/t15-,17?,20-,21-/m1/s1. The predicted molar refractivity (Wildman–Crippen MR) is 115 cm³/mol. The second kappa shape index (κ2) is 10.1. The van der Waals surface area contributed by atoms with Gasteiger partial charge >= 0.3 is 0 Å². The number of halogens is 1. The first-order valence-electron chi connectivity index (χ1n) is 10.8. The van der Waals surface area contributed by atoms with Crippen LogP contribution in [0.4, 0.5) is 10.1 Å². The lowest BCUT2D eigenvalue weighted by molar-refractivity contribution is -0.152. The van der Waals surface area contributed by atoms with E-state index in [1.807, 2.05) is 0 Å². The van der Waals surface area contributed by atoms with E-state index in [2.05, 4.69) is 23.1 Å². The average Bonchev–Trinajstić information content (AvgIpc) is 3.31. The van der Waals surface area contributed by atoms with Crippen LogP contribution in [0.3, 0.4) is 0 Å². The topological polar surface area (TPSA) is 93.1 Å². The minimum atomic E-state index is -1.79. The molecule has 2 aliphatic heterocycles. The van der Waals surface area contributed by atoms with Crippen molar-refractivity contribution in [2.24, 2.45) is 11.8 Å². The minimum absolute atomic E-state index is 0.161. The number of hydrogen-bond acceptors (Lipinski definition) is 5. The van der Waals surface area contributed by atoms with Crippen LogP contribution >= 0.6 is 0 Å². The van der Waals surface area contributed by atoms with Gasteiger partial charge < -0.3 is 25.3 Å². The highest BCUT2D eigenvalue weighted by Crippen LogP contribution is 2.29. The molecule has 2 saturated heterocycles. The molecule has 31 heavy (non-hydrogen) atoms. The molecule has 3 N–H and O–H groups in total. The third kappa shape index (κ3) is 5.35. The Balaban J connectivity index is 1.51. The van der Waals surface area contributed by atoms with Crippen LogP contribution in [0.5, 0.6) is 0 Å². The zero-order chi connectivity index (χ0) is 22.5. The van der Waals surface area contributed by atoms with Gasteiger partial charge in [0.15, 0.2) is 12.2 Å². The number of carbonyl (C=O) groups excluding carboxylic acids is 2. The molecule has 0 aliphatic carbocycles. The van der Waals surface area contributed by atoms with Crippen LogP contribution in [0.25, 0.3) is 0 Å². The number of benzene rings is 1. The lowest BCUT2D eigenvalue weighted by atomic mass is 9.86. The summed E-state index contributed by atoms with van der Waals surface area (Å²) in [7, 11) is 0. The fraction of sp³-hybridized carbons (Fsp3) is 0.565. The molecule has 0 radical (unpaired) electrons. The summed E-state index contributed by atoms with van der Waals surface area (Å²) in [5, 5.41) is 22.9. The number of carbonyl (C=O) groups is 2. The fourth-order valence-corrected chi connectivity index (χ4v) is 4.36. The molecule has 8 heteroatoms. The monoisotopic (exact) mass is 431 g/mol. The Bertz CT molecular complexity index is 850. The Morgan fingerprint density at radius 2 is 1.97 bits per heavy atom. The molecule has 2 fully saturated rings. The quantitative estimate of drug-likeness (QED) is 0.578. The molecule has 2 heterocycles. The average molecular weight is 432 g/mol. The van der Waals surface area contributed by atoms with Crippen molar-refractivity contribution in [3.05, 3.63) is 29.6 Å². The number of amides is 2. The summed E-state index contributed by atoms with van der Waals surface area (Å²) in [6.45, 7) is 4.86. The van der Waals surface area contributed by atoms with E-state index in [4.69, 9.17) is 6.42 Å². The molecule has 1 aromatic carbocycles. The SMILES string of the molecule is C#Cc1cc(F)ccc1N1CCC(CNC(=O)[C@H](O)[C@@H](O)C(=O)N2CCCC2)[C@H](C)C1. The van der Waals surface area contributed by atoms with E-state index in [-0.39, 0.29) is 17.7 Å². The van der Waals surface area contributed by atoms with Crippen molar-refractivity contribution < 1.29 is 24.2 Å². The Hall–Kier alpha value is -2.63. The lowest BCUT2D eigenvalue weighted by Gasteiger charge is -2.39. The lowest BCUT2D eigenvalue weighted by Crippen LogP contribution is -2.51. The summed E-state index contributed by atoms with van der Waals surface area (Å²) in [4.78, 5) is 28.1. The van der Waals surface area contributed by atoms with Gasteiger partial charge in [0, 0.05) is 32.7 Å². The Labute approximate surface area is 182 Å². The van der Waals surface area contributed by atoms with Crippen LogP contribution in [-0.2, 0) is 9.59 Å². The van der Waals surface area contributed by atoms with Crippen molar-refractivity contribution in [1.29, 1.82) is 0 Å². The van der Waals surface area contributed by atoms with E-state index in [0.717, 1.165) is 24.9 Å². The molecular weight excluding hydrogens is 401 g/mol. The molecule has 1 aromatic rings. The van der Waals surface area contributed by atoms with Crippen molar-refractivity contribution in [2.75, 3.05) is 37.6 Å². The largest absolute Gasteiger partial charge is 0.380 e. The number of nitrogens with one attached hydrogen (secondary N) is 1. The van der Waals surface area contributed by atoms with Crippen molar-refractivity contribution in [1.82, 2.24) is 10.2 Å². The van der Waals surface area contributed by atoms with E-state index < -0.39 is 24.0 Å². The van der Waals surface area contributed by atoms with Crippen LogP contribution in [-0.4, -0.2) is 71.9 Å². The van der Waals surface area contributed by atoms with Gasteiger partial charge in [-0.25, -0.2) is 4.39 Å². The van der Waals surface area contributed by atoms with Crippen molar-refractivity contribution >= 4 is 17.5 Å². The van der Waals surface area contributed by atoms with Gasteiger partial charge in [-0.15, -0.1) is 6.42 Å². The van der Waals surface area contributed by atoms with Crippen LogP contribution in [0.2, 0.25) is 0 Å². The highest BCUT2D eigenvalue weighted by Gasteiger charge is 2.35. The summed E-state index contributed by atoms with van der Waals surface area (Å²) in [6, 6.07) is 4.43. The zero-order valence-electron chi connectivity index (χ0n) is 17.8. The first-order chi connectivity index (χ1) is 14.8. The third-order valence-electron chi connectivity index (χ3n) is 6.31. The van der Waals surface area contributed by atoms with Crippen LogP contribution in [0.15, 0.2) is 18.2 Å². The molecule has 0 spiro atoms. The number of likely N-dealkylation sites (tertiary alicyclic amines) is 1. The maximum atomic E-state index is 13.5. The van der Waals surface area contributed by atoms with Gasteiger partial charge in [-0.2, -0.15) is 0 Å². The van der Waals surface area contributed by atoms with Gasteiger partial charge in [0.05, 0.1) is 11.3 Å². The second-order valence-electron chi connectivity index (χ2n) is 8.45. The predicted octanol–water partition coefficient (Wildman–Crippen LogP) is 0.730. The van der Waals surface area contributed by atoms with E-state index in [0.29, 0.717) is 38.3 Å². The normalized spacial score (nSPS) is 23.2. The fourth-order valence-electron chi connectivity index (χ4n) is 4.36. The molecule has 3 rings (SSSR count). The number of anilines is 1. The van der Waals surface area contributed by atoms with Gasteiger partial charge in [-0.05, 0) is 49.3 Å². The van der Waals surface area contributed by atoms with Crippen LogP contribution in [0.1, 0.15) is 31.7 Å². The smallest absolute Gasteiger partial charge is 0.254 e. The number of aliphatic hydroxyl groups is 2. The zero-order valence-corrected chi connectivity index (χ0v) is 17.8. The number of nitrogens with zero attached hydrogens (tertiary/aromatic N) is 2. The molecule has 168 valence electrons. The second-order valence-corrected chi connectivity index (χ2v) is 8.45. The number of aliphatic hydroxyl groups excluding tert-OH is 2.